The van der Waals surface area contributed by atoms with E-state index in [-0.39, 0.29) is 0 Å². The second kappa shape index (κ2) is 5.78. The molecule has 0 fully saturated rings. The van der Waals surface area contributed by atoms with Crippen molar-refractivity contribution in [2.45, 2.75) is 0 Å². The van der Waals surface area contributed by atoms with E-state index in [9.17, 15) is 4.21 Å². The summed E-state index contributed by atoms with van der Waals surface area (Å²) in [5.74, 6) is 0. The highest BCUT2D eigenvalue weighted by molar-refractivity contribution is 7.83. The average molecular weight is 256 g/mol. The molecule has 1 nitrogen and oxygen atoms in total. The summed E-state index contributed by atoms with van der Waals surface area (Å²) in [5, 5.41) is 5.25. The van der Waals surface area contributed by atoms with Crippen LogP contribution in [0.1, 0.15) is 0 Å². The molecule has 2 heteroatoms. The number of rotatable bonds is 0. The van der Waals surface area contributed by atoms with Gasteiger partial charge in [-0.1, -0.05) is 48.5 Å². The molecule has 0 saturated carbocycles. The molecule has 0 aliphatic heterocycles. The van der Waals surface area contributed by atoms with Crippen LogP contribution in [0.25, 0.3) is 21.5 Å². The van der Waals surface area contributed by atoms with E-state index in [0.29, 0.717) is 0 Å². The monoisotopic (exact) mass is 256 g/mol. The van der Waals surface area contributed by atoms with Crippen molar-refractivity contribution in [3.05, 3.63) is 60.7 Å². The lowest BCUT2D eigenvalue weighted by atomic mass is 10.0. The van der Waals surface area contributed by atoms with E-state index in [2.05, 4.69) is 60.7 Å². The third-order valence-electron chi connectivity index (χ3n) is 2.61. The second-order valence-electron chi connectivity index (χ2n) is 4.29. The Balaban J connectivity index is 0.000000267. The van der Waals surface area contributed by atoms with Crippen LogP contribution in [0.2, 0.25) is 0 Å². The molecule has 0 spiro atoms. The quantitative estimate of drug-likeness (QED) is 0.556. The van der Waals surface area contributed by atoms with Crippen molar-refractivity contribution >= 4 is 32.3 Å². The van der Waals surface area contributed by atoms with Crippen LogP contribution in [0.15, 0.2) is 60.7 Å². The Bertz CT molecular complexity index is 580. The minimum absolute atomic E-state index is 0.611. The van der Waals surface area contributed by atoms with E-state index >= 15 is 0 Å². The third kappa shape index (κ3) is 3.17. The fourth-order valence-corrected chi connectivity index (χ4v) is 1.88. The van der Waals surface area contributed by atoms with Crippen molar-refractivity contribution < 1.29 is 4.21 Å². The number of hydrogen-bond donors (Lipinski definition) is 0. The fourth-order valence-electron chi connectivity index (χ4n) is 1.88. The molecule has 0 aromatic heterocycles. The summed E-state index contributed by atoms with van der Waals surface area (Å²) in [5.41, 5.74) is 0. The summed E-state index contributed by atoms with van der Waals surface area (Å²) >= 11 is 0. The van der Waals surface area contributed by atoms with Gasteiger partial charge in [0, 0.05) is 23.3 Å². The maximum atomic E-state index is 9.56. The Kier molecular flexibility index (Phi) is 4.11. The topological polar surface area (TPSA) is 17.1 Å². The van der Waals surface area contributed by atoms with Crippen LogP contribution in [0, 0.1) is 0 Å². The average Bonchev–Trinajstić information content (AvgIpc) is 2.35. The molecule has 0 N–H and O–H groups in total. The van der Waals surface area contributed by atoms with E-state index in [4.69, 9.17) is 0 Å². The van der Waals surface area contributed by atoms with Crippen LogP contribution in [-0.4, -0.2) is 16.7 Å². The van der Waals surface area contributed by atoms with Crippen LogP contribution in [-0.2, 0) is 10.8 Å². The Morgan fingerprint density at radius 1 is 0.667 bits per heavy atom. The molecule has 0 aliphatic rings. The molecule has 0 aliphatic carbocycles. The largest absolute Gasteiger partial charge is 0.260 e. The molecule has 3 aromatic carbocycles. The highest BCUT2D eigenvalue weighted by Crippen LogP contribution is 2.21. The highest BCUT2D eigenvalue weighted by atomic mass is 32.2. The van der Waals surface area contributed by atoms with Gasteiger partial charge < -0.3 is 0 Å². The van der Waals surface area contributed by atoms with Gasteiger partial charge in [-0.2, -0.15) is 0 Å². The molecule has 18 heavy (non-hydrogen) atoms. The van der Waals surface area contributed by atoms with E-state index in [0.717, 1.165) is 0 Å². The first kappa shape index (κ1) is 12.8. The molecule has 0 bridgehead atoms. The van der Waals surface area contributed by atoms with Gasteiger partial charge in [-0.25, -0.2) is 0 Å². The Labute approximate surface area is 110 Å². The lowest BCUT2D eigenvalue weighted by Gasteiger charge is -2.00. The third-order valence-corrected chi connectivity index (χ3v) is 2.61. The molecule has 0 radical (unpaired) electrons. The zero-order valence-electron chi connectivity index (χ0n) is 10.6. The molecule has 0 amide bonds. The van der Waals surface area contributed by atoms with Gasteiger partial charge in [0.05, 0.1) is 0 Å². The molecule has 0 unspecified atom stereocenters. The van der Waals surface area contributed by atoms with Crippen LogP contribution in [0.3, 0.4) is 0 Å². The SMILES string of the molecule is CS(C)=O.c1ccc2cc3ccccc3cc2c1. The van der Waals surface area contributed by atoms with Crippen molar-refractivity contribution in [1.29, 1.82) is 0 Å². The van der Waals surface area contributed by atoms with E-state index in [1.54, 1.807) is 12.5 Å². The van der Waals surface area contributed by atoms with Crippen LogP contribution in [0.4, 0.5) is 0 Å². The lowest BCUT2D eigenvalue weighted by molar-refractivity contribution is 0.690. The van der Waals surface area contributed by atoms with Gasteiger partial charge in [0.1, 0.15) is 0 Å². The molecular weight excluding hydrogens is 240 g/mol. The molecule has 3 aromatic rings. The van der Waals surface area contributed by atoms with Gasteiger partial charge in [-0.15, -0.1) is 0 Å². The van der Waals surface area contributed by atoms with Crippen LogP contribution in [0.5, 0.6) is 0 Å². The van der Waals surface area contributed by atoms with Gasteiger partial charge in [0.15, 0.2) is 0 Å². The number of fused-ring (bicyclic) bond motifs is 2. The van der Waals surface area contributed by atoms with E-state index in [1.807, 2.05) is 0 Å². The Morgan fingerprint density at radius 2 is 0.889 bits per heavy atom. The number of hydrogen-bond acceptors (Lipinski definition) is 1. The van der Waals surface area contributed by atoms with E-state index in [1.165, 1.54) is 21.5 Å². The molecule has 92 valence electrons. The summed E-state index contributed by atoms with van der Waals surface area (Å²) in [6, 6.07) is 21.4. The highest BCUT2D eigenvalue weighted by Gasteiger charge is 1.95. The second-order valence-corrected chi connectivity index (χ2v) is 5.77. The fraction of sp³-hybridized carbons (Fsp3) is 0.125. The normalized spacial score (nSPS) is 10.4. The summed E-state index contributed by atoms with van der Waals surface area (Å²) in [6.07, 6.45) is 3.28. The van der Waals surface area contributed by atoms with Gasteiger partial charge in [-0.3, -0.25) is 4.21 Å². The van der Waals surface area contributed by atoms with Crippen molar-refractivity contribution in [1.82, 2.24) is 0 Å². The minimum atomic E-state index is -0.611. The van der Waals surface area contributed by atoms with Gasteiger partial charge in [0.25, 0.3) is 0 Å². The molecule has 3 rings (SSSR count). The molecule has 0 heterocycles. The molecule has 0 saturated heterocycles. The first-order valence-corrected chi connectivity index (χ1v) is 7.76. The Hall–Kier alpha value is -1.67. The van der Waals surface area contributed by atoms with Crippen molar-refractivity contribution in [3.63, 3.8) is 0 Å². The standard InChI is InChI=1S/C14H10.C2H6OS/c1-2-6-12-10-14-8-4-3-7-13(14)9-11(12)5-1;1-4(2)3/h1-10H;1-2H3. The molecule has 0 atom stereocenters. The summed E-state index contributed by atoms with van der Waals surface area (Å²) in [4.78, 5) is 0. The summed E-state index contributed by atoms with van der Waals surface area (Å²) < 4.78 is 9.56. The first-order valence-electron chi connectivity index (χ1n) is 5.79. The summed E-state index contributed by atoms with van der Waals surface area (Å²) in [6.45, 7) is 0. The first-order chi connectivity index (χ1) is 8.66. The van der Waals surface area contributed by atoms with Crippen molar-refractivity contribution in [2.75, 3.05) is 12.5 Å². The summed E-state index contributed by atoms with van der Waals surface area (Å²) in [7, 11) is -0.611. The Morgan fingerprint density at radius 3 is 1.11 bits per heavy atom. The van der Waals surface area contributed by atoms with Gasteiger partial charge in [-0.05, 0) is 33.7 Å². The van der Waals surface area contributed by atoms with Crippen molar-refractivity contribution in [3.8, 4) is 0 Å². The van der Waals surface area contributed by atoms with Crippen LogP contribution >= 0.6 is 0 Å². The smallest absolute Gasteiger partial charge is 0.0148 e. The minimum Gasteiger partial charge on any atom is -0.260 e. The van der Waals surface area contributed by atoms with E-state index < -0.39 is 10.8 Å². The molecular formula is C16H16OS. The zero-order chi connectivity index (χ0) is 13.0. The van der Waals surface area contributed by atoms with Gasteiger partial charge >= 0.3 is 0 Å². The predicted octanol–water partition coefficient (Wildman–Crippen LogP) is 3.99. The number of benzene rings is 3. The van der Waals surface area contributed by atoms with Gasteiger partial charge in [0.2, 0.25) is 0 Å². The lowest BCUT2D eigenvalue weighted by Crippen LogP contribution is -1.74. The van der Waals surface area contributed by atoms with Crippen LogP contribution < -0.4 is 0 Å². The maximum Gasteiger partial charge on any atom is 0.0148 e. The zero-order valence-corrected chi connectivity index (χ0v) is 11.4. The maximum absolute atomic E-state index is 9.56. The van der Waals surface area contributed by atoms with Crippen molar-refractivity contribution in [2.24, 2.45) is 0 Å². The predicted molar refractivity (Wildman–Crippen MR) is 81.4 cm³/mol.